The van der Waals surface area contributed by atoms with E-state index in [2.05, 4.69) is 6.07 Å². The number of thiophene rings is 1. The van der Waals surface area contributed by atoms with E-state index in [9.17, 15) is 14.9 Å². The van der Waals surface area contributed by atoms with Crippen LogP contribution in [0.4, 0.5) is 5.00 Å². The summed E-state index contributed by atoms with van der Waals surface area (Å²) in [6, 6.07) is 8.77. The Bertz CT molecular complexity index is 706. The molecule has 1 amide bonds. The molecular weight excluding hydrogens is 316 g/mol. The van der Waals surface area contributed by atoms with E-state index >= 15 is 0 Å². The first-order valence-electron chi connectivity index (χ1n) is 7.07. The first kappa shape index (κ1) is 17.0. The van der Waals surface area contributed by atoms with E-state index in [1.165, 1.54) is 17.0 Å². The summed E-state index contributed by atoms with van der Waals surface area (Å²) in [5.41, 5.74) is 2.24. The van der Waals surface area contributed by atoms with Crippen LogP contribution in [0.15, 0.2) is 30.3 Å². The lowest BCUT2D eigenvalue weighted by molar-refractivity contribution is -0.380. The molecule has 0 saturated carbocycles. The van der Waals surface area contributed by atoms with Gasteiger partial charge in [0.05, 0.1) is 16.3 Å². The summed E-state index contributed by atoms with van der Waals surface area (Å²) in [5, 5.41) is 10.6. The summed E-state index contributed by atoms with van der Waals surface area (Å²) in [6.45, 7) is 4.76. The smallest absolute Gasteiger partial charge is 0.324 e. The van der Waals surface area contributed by atoms with Gasteiger partial charge in [0.25, 0.3) is 5.91 Å². The number of amides is 1. The van der Waals surface area contributed by atoms with Crippen molar-refractivity contribution >= 4 is 22.2 Å². The molecule has 2 aromatic rings. The molecule has 0 atom stereocenters. The molecule has 0 aliphatic heterocycles. The van der Waals surface area contributed by atoms with Crippen LogP contribution in [-0.2, 0) is 0 Å². The second-order valence-corrected chi connectivity index (χ2v) is 6.36. The SMILES string of the molecule is Cc1cc(C)cc(OCCN(C)C(=O)c2ccc([N+](=O)[O-])s2)c1. The third-order valence-electron chi connectivity index (χ3n) is 3.22. The topological polar surface area (TPSA) is 72.7 Å². The number of rotatable bonds is 6. The fourth-order valence-corrected chi connectivity index (χ4v) is 2.96. The van der Waals surface area contributed by atoms with Crippen LogP contribution in [0.25, 0.3) is 0 Å². The predicted octanol–water partition coefficient (Wildman–Crippen LogP) is 3.42. The van der Waals surface area contributed by atoms with E-state index in [0.717, 1.165) is 28.2 Å². The van der Waals surface area contributed by atoms with Crippen molar-refractivity contribution in [1.82, 2.24) is 4.90 Å². The van der Waals surface area contributed by atoms with Gasteiger partial charge in [0, 0.05) is 13.1 Å². The highest BCUT2D eigenvalue weighted by molar-refractivity contribution is 7.17. The number of carbonyl (C=O) groups excluding carboxylic acids is 1. The van der Waals surface area contributed by atoms with E-state index in [1.54, 1.807) is 7.05 Å². The van der Waals surface area contributed by atoms with Crippen molar-refractivity contribution in [2.45, 2.75) is 13.8 Å². The molecule has 6 nitrogen and oxygen atoms in total. The van der Waals surface area contributed by atoms with Gasteiger partial charge in [-0.1, -0.05) is 17.4 Å². The van der Waals surface area contributed by atoms with Crippen LogP contribution in [0.1, 0.15) is 20.8 Å². The maximum Gasteiger partial charge on any atom is 0.324 e. The highest BCUT2D eigenvalue weighted by atomic mass is 32.1. The third-order valence-corrected chi connectivity index (χ3v) is 4.24. The van der Waals surface area contributed by atoms with Gasteiger partial charge in [-0.2, -0.15) is 0 Å². The number of nitrogens with zero attached hydrogens (tertiary/aromatic N) is 2. The zero-order chi connectivity index (χ0) is 17.0. The van der Waals surface area contributed by atoms with Crippen molar-refractivity contribution in [3.8, 4) is 5.75 Å². The van der Waals surface area contributed by atoms with Crippen molar-refractivity contribution in [2.75, 3.05) is 20.2 Å². The first-order valence-corrected chi connectivity index (χ1v) is 7.89. The first-order chi connectivity index (χ1) is 10.9. The van der Waals surface area contributed by atoms with Crippen molar-refractivity contribution in [2.24, 2.45) is 0 Å². The van der Waals surface area contributed by atoms with Crippen LogP contribution >= 0.6 is 11.3 Å². The van der Waals surface area contributed by atoms with Crippen LogP contribution < -0.4 is 4.74 Å². The van der Waals surface area contributed by atoms with E-state index in [-0.39, 0.29) is 10.9 Å². The Morgan fingerprint density at radius 3 is 2.48 bits per heavy atom. The summed E-state index contributed by atoms with van der Waals surface area (Å²) in [4.78, 5) is 24.2. The lowest BCUT2D eigenvalue weighted by Gasteiger charge is -2.16. The maximum absolute atomic E-state index is 12.2. The third kappa shape index (κ3) is 4.53. The van der Waals surface area contributed by atoms with E-state index < -0.39 is 4.92 Å². The fourth-order valence-electron chi connectivity index (χ4n) is 2.15. The van der Waals surface area contributed by atoms with Crippen LogP contribution in [0, 0.1) is 24.0 Å². The molecule has 0 unspecified atom stereocenters. The molecule has 0 N–H and O–H groups in total. The molecule has 7 heteroatoms. The number of hydrogen-bond donors (Lipinski definition) is 0. The van der Waals surface area contributed by atoms with Gasteiger partial charge >= 0.3 is 5.00 Å². The molecule has 0 aliphatic carbocycles. The lowest BCUT2D eigenvalue weighted by atomic mass is 10.1. The van der Waals surface area contributed by atoms with Gasteiger partial charge in [-0.25, -0.2) is 0 Å². The summed E-state index contributed by atoms with van der Waals surface area (Å²) in [6.07, 6.45) is 0. The Morgan fingerprint density at radius 2 is 1.91 bits per heavy atom. The predicted molar refractivity (Wildman–Crippen MR) is 89.3 cm³/mol. The summed E-state index contributed by atoms with van der Waals surface area (Å²) < 4.78 is 5.67. The average Bonchev–Trinajstić information content (AvgIpc) is 2.95. The lowest BCUT2D eigenvalue weighted by Crippen LogP contribution is -2.30. The molecule has 1 heterocycles. The minimum Gasteiger partial charge on any atom is -0.492 e. The number of ether oxygens (including phenoxy) is 1. The molecule has 0 fully saturated rings. The largest absolute Gasteiger partial charge is 0.492 e. The van der Waals surface area contributed by atoms with Crippen molar-refractivity contribution in [3.05, 3.63) is 56.5 Å². The zero-order valence-electron chi connectivity index (χ0n) is 13.2. The monoisotopic (exact) mass is 334 g/mol. The second kappa shape index (κ2) is 7.23. The minimum atomic E-state index is -0.495. The van der Waals surface area contributed by atoms with Gasteiger partial charge in [-0.05, 0) is 43.2 Å². The number of carbonyl (C=O) groups is 1. The molecule has 0 aliphatic rings. The Hall–Kier alpha value is -2.41. The molecule has 1 aromatic heterocycles. The summed E-state index contributed by atoms with van der Waals surface area (Å²) in [5.74, 6) is 0.530. The van der Waals surface area contributed by atoms with Crippen molar-refractivity contribution in [1.29, 1.82) is 0 Å². The maximum atomic E-state index is 12.2. The number of likely N-dealkylation sites (N-methyl/N-ethyl adjacent to an activating group) is 1. The van der Waals surface area contributed by atoms with Gasteiger partial charge in [0.2, 0.25) is 0 Å². The zero-order valence-corrected chi connectivity index (χ0v) is 14.1. The second-order valence-electron chi connectivity index (χ2n) is 5.29. The van der Waals surface area contributed by atoms with Crippen LogP contribution in [0.3, 0.4) is 0 Å². The fraction of sp³-hybridized carbons (Fsp3) is 0.312. The molecule has 0 spiro atoms. The van der Waals surface area contributed by atoms with Crippen LogP contribution in [0.5, 0.6) is 5.75 Å². The Kier molecular flexibility index (Phi) is 5.33. The number of benzene rings is 1. The molecule has 0 bridgehead atoms. The van der Waals surface area contributed by atoms with E-state index in [1.807, 2.05) is 26.0 Å². The highest BCUT2D eigenvalue weighted by Gasteiger charge is 2.18. The molecule has 23 heavy (non-hydrogen) atoms. The Morgan fingerprint density at radius 1 is 1.26 bits per heavy atom. The van der Waals surface area contributed by atoms with Crippen LogP contribution in [0.2, 0.25) is 0 Å². The minimum absolute atomic E-state index is 0.0340. The number of aryl methyl sites for hydroxylation is 2. The standard InChI is InChI=1S/C16H18N2O4S/c1-11-8-12(2)10-13(9-11)22-7-6-17(3)16(19)14-4-5-15(23-14)18(20)21/h4-5,8-10H,6-7H2,1-3H3. The molecule has 0 saturated heterocycles. The number of hydrogen-bond acceptors (Lipinski definition) is 5. The van der Waals surface area contributed by atoms with Gasteiger partial charge in [0.1, 0.15) is 12.4 Å². The van der Waals surface area contributed by atoms with Gasteiger partial charge in [-0.3, -0.25) is 14.9 Å². The molecule has 122 valence electrons. The van der Waals surface area contributed by atoms with E-state index in [0.29, 0.717) is 18.0 Å². The highest BCUT2D eigenvalue weighted by Crippen LogP contribution is 2.24. The summed E-state index contributed by atoms with van der Waals surface area (Å²) in [7, 11) is 1.65. The molecule has 2 rings (SSSR count). The van der Waals surface area contributed by atoms with Gasteiger partial charge < -0.3 is 9.64 Å². The normalized spacial score (nSPS) is 10.4. The number of nitro groups is 1. The Balaban J connectivity index is 1.89. The van der Waals surface area contributed by atoms with Gasteiger partial charge in [-0.15, -0.1) is 0 Å². The quantitative estimate of drug-likeness (QED) is 0.599. The molecular formula is C16H18N2O4S. The van der Waals surface area contributed by atoms with Gasteiger partial charge in [0.15, 0.2) is 0 Å². The van der Waals surface area contributed by atoms with E-state index in [4.69, 9.17) is 4.74 Å². The average molecular weight is 334 g/mol. The van der Waals surface area contributed by atoms with Crippen LogP contribution in [-0.4, -0.2) is 35.9 Å². The molecule has 1 aromatic carbocycles. The molecule has 0 radical (unpaired) electrons. The van der Waals surface area contributed by atoms with Crippen molar-refractivity contribution < 1.29 is 14.5 Å². The summed E-state index contributed by atoms with van der Waals surface area (Å²) >= 11 is 0.880. The van der Waals surface area contributed by atoms with Crippen molar-refractivity contribution in [3.63, 3.8) is 0 Å². The Labute approximate surface area is 138 Å².